The van der Waals surface area contributed by atoms with Crippen molar-refractivity contribution in [1.82, 2.24) is 5.16 Å². The predicted octanol–water partition coefficient (Wildman–Crippen LogP) is 4.39. The number of nitrogens with zero attached hydrogens (tertiary/aromatic N) is 1. The SMILES string of the molecule is O=C(Nc1cc(-c2ccc(F)cc2)no1)c1ccc(Cl)cc1. The van der Waals surface area contributed by atoms with Crippen molar-refractivity contribution in [3.8, 4) is 11.3 Å². The molecule has 3 aromatic rings. The second-order valence-electron chi connectivity index (χ2n) is 4.54. The van der Waals surface area contributed by atoms with Crippen LogP contribution in [0.1, 0.15) is 10.4 Å². The lowest BCUT2D eigenvalue weighted by Gasteiger charge is -2.00. The van der Waals surface area contributed by atoms with E-state index in [-0.39, 0.29) is 17.6 Å². The maximum absolute atomic E-state index is 12.9. The summed E-state index contributed by atoms with van der Waals surface area (Å²) in [5, 5.41) is 6.99. The van der Waals surface area contributed by atoms with Gasteiger partial charge in [0.05, 0.1) is 0 Å². The molecule has 0 radical (unpaired) electrons. The molecule has 3 rings (SSSR count). The van der Waals surface area contributed by atoms with Crippen molar-refractivity contribution in [2.24, 2.45) is 0 Å². The van der Waals surface area contributed by atoms with Crippen molar-refractivity contribution in [2.45, 2.75) is 0 Å². The Balaban J connectivity index is 1.75. The summed E-state index contributed by atoms with van der Waals surface area (Å²) < 4.78 is 17.9. The van der Waals surface area contributed by atoms with Gasteiger partial charge in [0.2, 0.25) is 5.88 Å². The zero-order valence-electron chi connectivity index (χ0n) is 11.2. The van der Waals surface area contributed by atoms with Crippen LogP contribution in [0, 0.1) is 5.82 Å². The molecule has 0 bridgehead atoms. The van der Waals surface area contributed by atoms with Crippen molar-refractivity contribution in [3.63, 3.8) is 0 Å². The number of carbonyl (C=O) groups is 1. The second-order valence-corrected chi connectivity index (χ2v) is 4.98. The van der Waals surface area contributed by atoms with Gasteiger partial charge in [-0.1, -0.05) is 16.8 Å². The van der Waals surface area contributed by atoms with Crippen LogP contribution in [0.25, 0.3) is 11.3 Å². The van der Waals surface area contributed by atoms with Gasteiger partial charge in [-0.05, 0) is 48.5 Å². The Labute approximate surface area is 130 Å². The van der Waals surface area contributed by atoms with Gasteiger partial charge in [-0.3, -0.25) is 10.1 Å². The Bertz CT molecular complexity index is 798. The monoisotopic (exact) mass is 316 g/mol. The molecular formula is C16H10ClFN2O2. The molecule has 4 nitrogen and oxygen atoms in total. The van der Waals surface area contributed by atoms with E-state index < -0.39 is 0 Å². The van der Waals surface area contributed by atoms with Crippen LogP contribution in [0.4, 0.5) is 10.3 Å². The highest BCUT2D eigenvalue weighted by molar-refractivity contribution is 6.30. The van der Waals surface area contributed by atoms with Crippen LogP contribution < -0.4 is 5.32 Å². The fourth-order valence-electron chi connectivity index (χ4n) is 1.88. The van der Waals surface area contributed by atoms with Crippen LogP contribution in [0.15, 0.2) is 59.1 Å². The van der Waals surface area contributed by atoms with Gasteiger partial charge >= 0.3 is 0 Å². The Morgan fingerprint density at radius 2 is 1.77 bits per heavy atom. The van der Waals surface area contributed by atoms with E-state index in [0.29, 0.717) is 21.8 Å². The molecule has 0 aliphatic carbocycles. The molecule has 0 aliphatic rings. The molecule has 110 valence electrons. The van der Waals surface area contributed by atoms with Crippen molar-refractivity contribution >= 4 is 23.4 Å². The summed E-state index contributed by atoms with van der Waals surface area (Å²) in [6.07, 6.45) is 0. The fraction of sp³-hybridized carbons (Fsp3) is 0. The lowest BCUT2D eigenvalue weighted by Crippen LogP contribution is -2.10. The number of aromatic nitrogens is 1. The van der Waals surface area contributed by atoms with Crippen molar-refractivity contribution in [2.75, 3.05) is 5.32 Å². The minimum absolute atomic E-state index is 0.208. The molecule has 1 heterocycles. The van der Waals surface area contributed by atoms with Gasteiger partial charge in [-0.2, -0.15) is 0 Å². The zero-order valence-corrected chi connectivity index (χ0v) is 12.0. The fourth-order valence-corrected chi connectivity index (χ4v) is 2.00. The lowest BCUT2D eigenvalue weighted by molar-refractivity contribution is 0.102. The van der Waals surface area contributed by atoms with Crippen LogP contribution in [0.3, 0.4) is 0 Å². The van der Waals surface area contributed by atoms with Gasteiger partial charge in [-0.15, -0.1) is 0 Å². The normalized spacial score (nSPS) is 10.5. The Hall–Kier alpha value is -2.66. The largest absolute Gasteiger partial charge is 0.338 e. The van der Waals surface area contributed by atoms with Gasteiger partial charge in [0.15, 0.2) is 0 Å². The lowest BCUT2D eigenvalue weighted by atomic mass is 10.1. The zero-order chi connectivity index (χ0) is 15.5. The highest BCUT2D eigenvalue weighted by Gasteiger charge is 2.11. The number of amides is 1. The van der Waals surface area contributed by atoms with Gasteiger partial charge in [0.25, 0.3) is 5.91 Å². The minimum Gasteiger partial charge on any atom is -0.338 e. The number of hydrogen-bond donors (Lipinski definition) is 1. The van der Waals surface area contributed by atoms with Gasteiger partial charge < -0.3 is 4.52 Å². The summed E-state index contributed by atoms with van der Waals surface area (Å²) in [5.74, 6) is -0.457. The predicted molar refractivity (Wildman–Crippen MR) is 81.3 cm³/mol. The van der Waals surface area contributed by atoms with Gasteiger partial charge in [0.1, 0.15) is 11.5 Å². The summed E-state index contributed by atoms with van der Waals surface area (Å²) in [4.78, 5) is 12.0. The summed E-state index contributed by atoms with van der Waals surface area (Å²) in [6, 6.07) is 13.9. The van der Waals surface area contributed by atoms with Gasteiger partial charge in [0, 0.05) is 22.2 Å². The van der Waals surface area contributed by atoms with Gasteiger partial charge in [-0.25, -0.2) is 4.39 Å². The molecule has 0 spiro atoms. The van der Waals surface area contributed by atoms with Crippen molar-refractivity contribution in [3.05, 3.63) is 71.0 Å². The minimum atomic E-state index is -0.335. The van der Waals surface area contributed by atoms with E-state index in [4.69, 9.17) is 16.1 Å². The highest BCUT2D eigenvalue weighted by atomic mass is 35.5. The third-order valence-electron chi connectivity index (χ3n) is 2.99. The van der Waals surface area contributed by atoms with E-state index in [1.807, 2.05) is 0 Å². The molecule has 22 heavy (non-hydrogen) atoms. The molecule has 0 aliphatic heterocycles. The second kappa shape index (κ2) is 5.99. The van der Waals surface area contributed by atoms with E-state index >= 15 is 0 Å². The summed E-state index contributed by atoms with van der Waals surface area (Å²) in [6.45, 7) is 0. The van der Waals surface area contributed by atoms with Crippen LogP contribution in [0.5, 0.6) is 0 Å². The van der Waals surface area contributed by atoms with Crippen LogP contribution in [-0.2, 0) is 0 Å². The quantitative estimate of drug-likeness (QED) is 0.779. The molecule has 0 fully saturated rings. The number of halogens is 2. The smallest absolute Gasteiger partial charge is 0.258 e. The molecule has 0 saturated heterocycles. The van der Waals surface area contributed by atoms with Crippen molar-refractivity contribution in [1.29, 1.82) is 0 Å². The number of rotatable bonds is 3. The number of benzene rings is 2. The number of anilines is 1. The highest BCUT2D eigenvalue weighted by Crippen LogP contribution is 2.22. The molecule has 0 atom stereocenters. The average molecular weight is 317 g/mol. The maximum atomic E-state index is 12.9. The first kappa shape index (κ1) is 14.3. The number of carbonyl (C=O) groups excluding carboxylic acids is 1. The van der Waals surface area contributed by atoms with Crippen molar-refractivity contribution < 1.29 is 13.7 Å². The Morgan fingerprint density at radius 1 is 1.09 bits per heavy atom. The van der Waals surface area contributed by atoms with Crippen LogP contribution in [0.2, 0.25) is 5.02 Å². The third-order valence-corrected chi connectivity index (χ3v) is 3.25. The first-order valence-corrected chi connectivity index (χ1v) is 6.79. The topological polar surface area (TPSA) is 55.1 Å². The van der Waals surface area contributed by atoms with E-state index in [2.05, 4.69) is 10.5 Å². The summed E-state index contributed by atoms with van der Waals surface area (Å²) in [5.41, 5.74) is 1.65. The molecule has 1 N–H and O–H groups in total. The first-order chi connectivity index (χ1) is 10.6. The molecule has 0 unspecified atom stereocenters. The first-order valence-electron chi connectivity index (χ1n) is 6.41. The van der Waals surface area contributed by atoms with Crippen LogP contribution in [-0.4, -0.2) is 11.1 Å². The van der Waals surface area contributed by atoms with Crippen LogP contribution >= 0.6 is 11.6 Å². The molecule has 2 aromatic carbocycles. The number of hydrogen-bond acceptors (Lipinski definition) is 3. The standard InChI is InChI=1S/C16H10ClFN2O2/c17-12-5-1-11(2-6-12)16(21)19-15-9-14(20-22-15)10-3-7-13(18)8-4-10/h1-9H,(H,19,21). The molecule has 0 saturated carbocycles. The van der Waals surface area contributed by atoms with E-state index in [0.717, 1.165) is 0 Å². The van der Waals surface area contributed by atoms with E-state index in [1.165, 1.54) is 12.1 Å². The molecule has 1 aromatic heterocycles. The van der Waals surface area contributed by atoms with E-state index in [9.17, 15) is 9.18 Å². The average Bonchev–Trinajstić information content (AvgIpc) is 2.97. The molecule has 1 amide bonds. The molecular weight excluding hydrogens is 307 g/mol. The maximum Gasteiger partial charge on any atom is 0.258 e. The summed E-state index contributed by atoms with van der Waals surface area (Å²) >= 11 is 5.77. The Kier molecular flexibility index (Phi) is 3.89. The molecule has 6 heteroatoms. The Morgan fingerprint density at radius 3 is 2.45 bits per heavy atom. The summed E-state index contributed by atoms with van der Waals surface area (Å²) in [7, 11) is 0. The van der Waals surface area contributed by atoms with E-state index in [1.54, 1.807) is 42.5 Å². The number of nitrogens with one attached hydrogen (secondary N) is 1. The third kappa shape index (κ3) is 3.15.